The Morgan fingerprint density at radius 2 is 1.46 bits per heavy atom. The minimum Gasteiger partial charge on any atom is -0.368 e. The molecule has 35 heavy (non-hydrogen) atoms. The molecule has 0 spiro atoms. The molecule has 0 saturated carbocycles. The molecule has 5 rings (SSSR count). The first kappa shape index (κ1) is 23.3. The quantitative estimate of drug-likeness (QED) is 0.335. The predicted molar refractivity (Wildman–Crippen MR) is 142 cm³/mol. The highest BCUT2D eigenvalue weighted by Crippen LogP contribution is 2.27. The fourth-order valence-electron chi connectivity index (χ4n) is 4.27. The summed E-state index contributed by atoms with van der Waals surface area (Å²) in [5.74, 6) is 0.763. The first-order valence-electron chi connectivity index (χ1n) is 11.5. The van der Waals surface area contributed by atoms with Gasteiger partial charge in [0.1, 0.15) is 0 Å². The number of hydrogen-bond donors (Lipinski definition) is 0. The molecule has 0 aliphatic carbocycles. The normalized spacial score (nSPS) is 13.7. The summed E-state index contributed by atoms with van der Waals surface area (Å²) in [6.45, 7) is 2.87. The monoisotopic (exact) mass is 502 g/mol. The van der Waals surface area contributed by atoms with Gasteiger partial charge < -0.3 is 9.80 Å². The minimum absolute atomic E-state index is 0.0491. The van der Waals surface area contributed by atoms with E-state index in [4.69, 9.17) is 28.2 Å². The van der Waals surface area contributed by atoms with E-state index < -0.39 is 0 Å². The van der Waals surface area contributed by atoms with Crippen LogP contribution in [0.5, 0.6) is 0 Å². The Morgan fingerprint density at radius 3 is 2.14 bits per heavy atom. The molecule has 5 nitrogen and oxygen atoms in total. The third-order valence-corrected chi connectivity index (χ3v) is 6.95. The minimum atomic E-state index is 0.0491. The molecule has 1 aliphatic heterocycles. The molecule has 0 unspecified atom stereocenters. The summed E-state index contributed by atoms with van der Waals surface area (Å²) < 4.78 is 0. The summed E-state index contributed by atoms with van der Waals surface area (Å²) in [4.78, 5) is 26.2. The van der Waals surface area contributed by atoms with Gasteiger partial charge in [-0.3, -0.25) is 4.79 Å². The van der Waals surface area contributed by atoms with Gasteiger partial charge in [-0.15, -0.1) is 0 Å². The number of aromatic nitrogens is 2. The van der Waals surface area contributed by atoms with Gasteiger partial charge in [-0.2, -0.15) is 0 Å². The van der Waals surface area contributed by atoms with Crippen LogP contribution in [-0.2, 0) is 11.2 Å². The van der Waals surface area contributed by atoms with Crippen LogP contribution in [-0.4, -0.2) is 47.0 Å². The second kappa shape index (κ2) is 10.5. The molecular weight excluding hydrogens is 479 g/mol. The van der Waals surface area contributed by atoms with Gasteiger partial charge in [-0.1, -0.05) is 71.7 Å². The molecule has 0 radical (unpaired) electrons. The molecule has 2 heterocycles. The zero-order valence-electron chi connectivity index (χ0n) is 19.1. The average Bonchev–Trinajstić information content (AvgIpc) is 2.91. The fraction of sp³-hybridized carbons (Fsp3) is 0.179. The number of piperazine rings is 1. The van der Waals surface area contributed by atoms with E-state index in [-0.39, 0.29) is 12.3 Å². The Morgan fingerprint density at radius 1 is 0.771 bits per heavy atom. The third-order valence-electron chi connectivity index (χ3n) is 6.24. The van der Waals surface area contributed by atoms with E-state index in [1.54, 1.807) is 24.4 Å². The first-order chi connectivity index (χ1) is 17.1. The van der Waals surface area contributed by atoms with Crippen LogP contribution in [0.1, 0.15) is 5.56 Å². The molecule has 1 aromatic heterocycles. The molecule has 0 atom stereocenters. The number of nitrogens with zero attached hydrogens (tertiary/aromatic N) is 4. The fourth-order valence-corrected chi connectivity index (χ4v) is 4.80. The molecule has 0 N–H and O–H groups in total. The number of amides is 1. The van der Waals surface area contributed by atoms with E-state index in [1.807, 2.05) is 41.3 Å². The number of anilines is 1. The largest absolute Gasteiger partial charge is 0.368 e. The van der Waals surface area contributed by atoms with Gasteiger partial charge in [-0.05, 0) is 35.9 Å². The van der Waals surface area contributed by atoms with Gasteiger partial charge in [0.05, 0.1) is 12.1 Å². The number of hydrogen-bond acceptors (Lipinski definition) is 4. The van der Waals surface area contributed by atoms with E-state index in [0.717, 1.165) is 35.6 Å². The number of carbonyl (C=O) groups excluding carboxylic acids is 1. The number of halogens is 2. The van der Waals surface area contributed by atoms with Crippen molar-refractivity contribution in [1.82, 2.24) is 14.9 Å². The maximum Gasteiger partial charge on any atom is 0.227 e. The van der Waals surface area contributed by atoms with Crippen molar-refractivity contribution in [3.05, 3.63) is 101 Å². The highest BCUT2D eigenvalue weighted by Gasteiger charge is 2.23. The van der Waals surface area contributed by atoms with Crippen molar-refractivity contribution in [2.75, 3.05) is 31.1 Å². The lowest BCUT2D eigenvalue weighted by atomic mass is 10.1. The second-order valence-corrected chi connectivity index (χ2v) is 9.24. The lowest BCUT2D eigenvalue weighted by molar-refractivity contribution is -0.130. The Bertz CT molecular complexity index is 1300. The third kappa shape index (κ3) is 5.31. The molecule has 3 aromatic carbocycles. The zero-order valence-corrected chi connectivity index (χ0v) is 20.6. The van der Waals surface area contributed by atoms with Crippen LogP contribution in [0.2, 0.25) is 10.0 Å². The van der Waals surface area contributed by atoms with Crippen LogP contribution in [0.3, 0.4) is 0 Å². The highest BCUT2D eigenvalue weighted by molar-refractivity contribution is 6.36. The predicted octanol–water partition coefficient (Wildman–Crippen LogP) is 6.01. The Balaban J connectivity index is 1.22. The SMILES string of the molecule is O=C(Cc1c(Cl)cccc1Cl)N1CCN(c2ccc(-c3ccnc(-c4ccccc4)n3)cc2)CC1. The van der Waals surface area contributed by atoms with E-state index in [1.165, 1.54) is 0 Å². The molecule has 1 fully saturated rings. The standard InChI is InChI=1S/C28H24Cl2N4O/c29-24-7-4-8-25(30)23(24)19-27(35)34-17-15-33(16-18-34)22-11-9-20(10-12-22)26-13-14-31-28(32-26)21-5-2-1-3-6-21/h1-14H,15-19H2. The van der Waals surface area contributed by atoms with Crippen LogP contribution in [0.15, 0.2) is 85.1 Å². The molecule has 176 valence electrons. The van der Waals surface area contributed by atoms with Crippen molar-refractivity contribution in [2.45, 2.75) is 6.42 Å². The zero-order chi connectivity index (χ0) is 24.2. The maximum absolute atomic E-state index is 12.8. The molecule has 1 saturated heterocycles. The number of rotatable bonds is 5. The van der Waals surface area contributed by atoms with Crippen LogP contribution < -0.4 is 4.90 Å². The molecule has 0 bridgehead atoms. The van der Waals surface area contributed by atoms with E-state index in [0.29, 0.717) is 34.5 Å². The average molecular weight is 503 g/mol. The summed E-state index contributed by atoms with van der Waals surface area (Å²) in [5.41, 5.74) is 4.75. The second-order valence-electron chi connectivity index (χ2n) is 8.42. The van der Waals surface area contributed by atoms with Gasteiger partial charge in [0.15, 0.2) is 5.82 Å². The molecular formula is C28H24Cl2N4O. The van der Waals surface area contributed by atoms with Crippen LogP contribution in [0.4, 0.5) is 5.69 Å². The van der Waals surface area contributed by atoms with Crippen molar-refractivity contribution in [1.29, 1.82) is 0 Å². The van der Waals surface area contributed by atoms with Gasteiger partial charge in [0.2, 0.25) is 5.91 Å². The van der Waals surface area contributed by atoms with Crippen molar-refractivity contribution >= 4 is 34.8 Å². The van der Waals surface area contributed by atoms with Gasteiger partial charge in [-0.25, -0.2) is 9.97 Å². The lowest BCUT2D eigenvalue weighted by Gasteiger charge is -2.36. The summed E-state index contributed by atoms with van der Waals surface area (Å²) in [6, 6.07) is 25.6. The highest BCUT2D eigenvalue weighted by atomic mass is 35.5. The lowest BCUT2D eigenvalue weighted by Crippen LogP contribution is -2.49. The molecule has 4 aromatic rings. The van der Waals surface area contributed by atoms with E-state index in [2.05, 4.69) is 34.1 Å². The molecule has 1 aliphatic rings. The Kier molecular flexibility index (Phi) is 6.98. The summed E-state index contributed by atoms with van der Waals surface area (Å²) in [7, 11) is 0. The van der Waals surface area contributed by atoms with Crippen LogP contribution in [0, 0.1) is 0 Å². The molecule has 1 amide bonds. The summed E-state index contributed by atoms with van der Waals surface area (Å²) in [5, 5.41) is 1.06. The number of carbonyl (C=O) groups is 1. The molecule has 7 heteroatoms. The Hall–Kier alpha value is -3.41. The number of benzene rings is 3. The van der Waals surface area contributed by atoms with Gasteiger partial charge >= 0.3 is 0 Å². The van der Waals surface area contributed by atoms with Crippen LogP contribution >= 0.6 is 23.2 Å². The van der Waals surface area contributed by atoms with Crippen molar-refractivity contribution in [2.24, 2.45) is 0 Å². The Labute approximate surface area is 215 Å². The van der Waals surface area contributed by atoms with E-state index in [9.17, 15) is 4.79 Å². The van der Waals surface area contributed by atoms with Gasteiger partial charge in [0.25, 0.3) is 0 Å². The van der Waals surface area contributed by atoms with Crippen LogP contribution in [0.25, 0.3) is 22.6 Å². The smallest absolute Gasteiger partial charge is 0.227 e. The van der Waals surface area contributed by atoms with Crippen molar-refractivity contribution < 1.29 is 4.79 Å². The summed E-state index contributed by atoms with van der Waals surface area (Å²) >= 11 is 12.5. The topological polar surface area (TPSA) is 49.3 Å². The van der Waals surface area contributed by atoms with Crippen molar-refractivity contribution in [3.8, 4) is 22.6 Å². The van der Waals surface area contributed by atoms with E-state index >= 15 is 0 Å². The first-order valence-corrected chi connectivity index (χ1v) is 12.3. The summed E-state index contributed by atoms with van der Waals surface area (Å²) in [6.07, 6.45) is 2.02. The maximum atomic E-state index is 12.8. The van der Waals surface area contributed by atoms with Gasteiger partial charge in [0, 0.05) is 59.2 Å². The van der Waals surface area contributed by atoms with Crippen molar-refractivity contribution in [3.63, 3.8) is 0 Å².